The number of fused-ring (bicyclic) bond motifs is 1. The van der Waals surface area contributed by atoms with Crippen LogP contribution < -0.4 is 5.32 Å². The van der Waals surface area contributed by atoms with E-state index in [2.05, 4.69) is 20.4 Å². The van der Waals surface area contributed by atoms with Crippen molar-refractivity contribution < 1.29 is 4.79 Å². The number of hydrogen-bond acceptors (Lipinski definition) is 5. The predicted molar refractivity (Wildman–Crippen MR) is 72.5 cm³/mol. The van der Waals surface area contributed by atoms with Crippen LogP contribution in [0, 0.1) is 13.8 Å². The summed E-state index contributed by atoms with van der Waals surface area (Å²) in [7, 11) is 0. The molecule has 1 N–H and O–H groups in total. The normalized spacial score (nSPS) is 10.8. The van der Waals surface area contributed by atoms with Gasteiger partial charge < -0.3 is 0 Å². The van der Waals surface area contributed by atoms with Gasteiger partial charge in [0.15, 0.2) is 10.8 Å². The Hall–Kier alpha value is -2.28. The molecule has 3 heterocycles. The largest absolute Gasteiger partial charge is 0.296 e. The van der Waals surface area contributed by atoms with Crippen molar-refractivity contribution in [3.05, 3.63) is 40.8 Å². The van der Waals surface area contributed by atoms with Crippen LogP contribution >= 0.6 is 11.3 Å². The van der Waals surface area contributed by atoms with E-state index in [0.29, 0.717) is 10.8 Å². The molecule has 0 saturated carbocycles. The molecule has 3 aromatic rings. The highest BCUT2D eigenvalue weighted by atomic mass is 32.1. The van der Waals surface area contributed by atoms with Crippen molar-refractivity contribution in [3.8, 4) is 0 Å². The van der Waals surface area contributed by atoms with Crippen LogP contribution in [-0.2, 0) is 0 Å². The second-order valence-electron chi connectivity index (χ2n) is 4.13. The van der Waals surface area contributed by atoms with Gasteiger partial charge in [-0.05, 0) is 26.0 Å². The number of anilines is 1. The minimum atomic E-state index is -0.275. The molecule has 1 amide bonds. The number of nitrogens with zero attached hydrogens (tertiary/aromatic N) is 4. The average molecular weight is 273 g/mol. The molecule has 0 aliphatic heterocycles. The van der Waals surface area contributed by atoms with E-state index in [0.717, 1.165) is 16.2 Å². The first kappa shape index (κ1) is 11.8. The van der Waals surface area contributed by atoms with Crippen molar-refractivity contribution in [3.63, 3.8) is 0 Å². The van der Waals surface area contributed by atoms with Crippen LogP contribution in [0.5, 0.6) is 0 Å². The molecule has 0 bridgehead atoms. The molecule has 0 aromatic carbocycles. The zero-order chi connectivity index (χ0) is 13.4. The SMILES string of the molecule is Cc1cn2nc(C(=O)Nc3ncc(C)s3)ccc2n1. The maximum absolute atomic E-state index is 12.0. The van der Waals surface area contributed by atoms with E-state index < -0.39 is 0 Å². The first-order chi connectivity index (χ1) is 9.11. The fourth-order valence-electron chi connectivity index (χ4n) is 1.70. The monoisotopic (exact) mass is 273 g/mol. The summed E-state index contributed by atoms with van der Waals surface area (Å²) in [5.41, 5.74) is 1.91. The van der Waals surface area contributed by atoms with E-state index in [4.69, 9.17) is 0 Å². The summed E-state index contributed by atoms with van der Waals surface area (Å²) in [4.78, 5) is 21.4. The van der Waals surface area contributed by atoms with Crippen LogP contribution in [0.4, 0.5) is 5.13 Å². The van der Waals surface area contributed by atoms with Crippen LogP contribution in [0.1, 0.15) is 21.1 Å². The van der Waals surface area contributed by atoms with E-state index in [1.807, 2.05) is 13.8 Å². The zero-order valence-corrected chi connectivity index (χ0v) is 11.2. The van der Waals surface area contributed by atoms with Gasteiger partial charge in [-0.25, -0.2) is 14.5 Å². The second-order valence-corrected chi connectivity index (χ2v) is 5.37. The van der Waals surface area contributed by atoms with Crippen LogP contribution in [0.3, 0.4) is 0 Å². The maximum atomic E-state index is 12.0. The van der Waals surface area contributed by atoms with E-state index in [-0.39, 0.29) is 5.91 Å². The first-order valence-electron chi connectivity index (χ1n) is 5.68. The number of nitrogens with one attached hydrogen (secondary N) is 1. The number of carbonyl (C=O) groups excluding carboxylic acids is 1. The highest BCUT2D eigenvalue weighted by Crippen LogP contribution is 2.17. The number of aryl methyl sites for hydroxylation is 2. The third kappa shape index (κ3) is 2.32. The summed E-state index contributed by atoms with van der Waals surface area (Å²) in [6.07, 6.45) is 3.50. The number of carbonyl (C=O) groups is 1. The fraction of sp³-hybridized carbons (Fsp3) is 0.167. The summed E-state index contributed by atoms with van der Waals surface area (Å²) in [5, 5.41) is 7.52. The van der Waals surface area contributed by atoms with Crippen molar-refractivity contribution >= 4 is 28.0 Å². The molecular weight excluding hydrogens is 262 g/mol. The lowest BCUT2D eigenvalue weighted by Crippen LogP contribution is -2.14. The highest BCUT2D eigenvalue weighted by molar-refractivity contribution is 7.15. The maximum Gasteiger partial charge on any atom is 0.277 e. The van der Waals surface area contributed by atoms with Crippen LogP contribution in [0.2, 0.25) is 0 Å². The lowest BCUT2D eigenvalue weighted by Gasteiger charge is -2.01. The summed E-state index contributed by atoms with van der Waals surface area (Å²) in [6, 6.07) is 3.42. The molecule has 0 unspecified atom stereocenters. The van der Waals surface area contributed by atoms with Gasteiger partial charge in [0.2, 0.25) is 0 Å². The van der Waals surface area contributed by atoms with E-state index in [9.17, 15) is 4.79 Å². The van der Waals surface area contributed by atoms with Crippen LogP contribution in [-0.4, -0.2) is 25.5 Å². The third-order valence-electron chi connectivity index (χ3n) is 2.51. The molecule has 19 heavy (non-hydrogen) atoms. The van der Waals surface area contributed by atoms with Crippen LogP contribution in [0.15, 0.2) is 24.5 Å². The molecule has 0 atom stereocenters. The molecular formula is C12H11N5OS. The van der Waals surface area contributed by atoms with Gasteiger partial charge in [0.1, 0.15) is 5.69 Å². The molecule has 3 aromatic heterocycles. The van der Waals surface area contributed by atoms with E-state index in [1.54, 1.807) is 29.0 Å². The molecule has 0 spiro atoms. The number of thiazole rings is 1. The zero-order valence-electron chi connectivity index (χ0n) is 10.4. The predicted octanol–water partition coefficient (Wildman–Crippen LogP) is 2.05. The Bertz CT molecular complexity index is 760. The van der Waals surface area contributed by atoms with Crippen LogP contribution in [0.25, 0.3) is 5.65 Å². The fourth-order valence-corrected chi connectivity index (χ4v) is 2.35. The summed E-state index contributed by atoms with van der Waals surface area (Å²) >= 11 is 1.43. The average Bonchev–Trinajstić information content (AvgIpc) is 2.93. The molecule has 96 valence electrons. The van der Waals surface area contributed by atoms with Crippen molar-refractivity contribution in [1.29, 1.82) is 0 Å². The van der Waals surface area contributed by atoms with Gasteiger partial charge in [0, 0.05) is 11.1 Å². The number of aromatic nitrogens is 4. The van der Waals surface area contributed by atoms with E-state index in [1.165, 1.54) is 11.3 Å². The minimum Gasteiger partial charge on any atom is -0.296 e. The molecule has 0 aliphatic rings. The van der Waals surface area contributed by atoms with E-state index >= 15 is 0 Å². The van der Waals surface area contributed by atoms with Gasteiger partial charge in [-0.3, -0.25) is 10.1 Å². The highest BCUT2D eigenvalue weighted by Gasteiger charge is 2.11. The third-order valence-corrected chi connectivity index (χ3v) is 3.34. The number of rotatable bonds is 2. The quantitative estimate of drug-likeness (QED) is 0.775. The van der Waals surface area contributed by atoms with Gasteiger partial charge in [0.05, 0.1) is 11.9 Å². The van der Waals surface area contributed by atoms with Crippen molar-refractivity contribution in [1.82, 2.24) is 19.6 Å². The second kappa shape index (κ2) is 4.43. The Balaban J connectivity index is 1.88. The Kier molecular flexibility index (Phi) is 2.75. The summed E-state index contributed by atoms with van der Waals surface area (Å²) in [6.45, 7) is 3.82. The lowest BCUT2D eigenvalue weighted by atomic mass is 10.4. The van der Waals surface area contributed by atoms with Gasteiger partial charge in [-0.2, -0.15) is 5.10 Å². The number of amides is 1. The molecule has 0 saturated heterocycles. The van der Waals surface area contributed by atoms with Crippen molar-refractivity contribution in [2.45, 2.75) is 13.8 Å². The molecule has 0 fully saturated rings. The topological polar surface area (TPSA) is 72.2 Å². The number of imidazole rings is 1. The molecule has 3 rings (SSSR count). The standard InChI is InChI=1S/C12H11N5OS/c1-7-6-17-10(14-7)4-3-9(16-17)11(18)15-12-13-5-8(2)19-12/h3-6H,1-2H3,(H,13,15,18). The first-order valence-corrected chi connectivity index (χ1v) is 6.50. The van der Waals surface area contributed by atoms with Gasteiger partial charge in [-0.1, -0.05) is 0 Å². The summed E-state index contributed by atoms with van der Waals surface area (Å²) in [5.74, 6) is -0.275. The molecule has 7 heteroatoms. The summed E-state index contributed by atoms with van der Waals surface area (Å²) < 4.78 is 1.59. The van der Waals surface area contributed by atoms with Gasteiger partial charge in [0.25, 0.3) is 5.91 Å². The Morgan fingerprint density at radius 1 is 1.37 bits per heavy atom. The molecule has 0 radical (unpaired) electrons. The Labute approximate surface area is 113 Å². The molecule has 6 nitrogen and oxygen atoms in total. The smallest absolute Gasteiger partial charge is 0.277 e. The molecule has 0 aliphatic carbocycles. The lowest BCUT2D eigenvalue weighted by molar-refractivity contribution is 0.102. The van der Waals surface area contributed by atoms with Gasteiger partial charge in [-0.15, -0.1) is 11.3 Å². The Morgan fingerprint density at radius 2 is 2.21 bits per heavy atom. The number of hydrogen-bond donors (Lipinski definition) is 1. The van der Waals surface area contributed by atoms with Crippen molar-refractivity contribution in [2.75, 3.05) is 5.32 Å². The Morgan fingerprint density at radius 3 is 2.95 bits per heavy atom. The van der Waals surface area contributed by atoms with Gasteiger partial charge >= 0.3 is 0 Å². The van der Waals surface area contributed by atoms with Crippen molar-refractivity contribution in [2.24, 2.45) is 0 Å². The minimum absolute atomic E-state index is 0.275.